The third-order valence-electron chi connectivity index (χ3n) is 4.25. The van der Waals surface area contributed by atoms with Gasteiger partial charge >= 0.3 is 5.97 Å². The van der Waals surface area contributed by atoms with Crippen molar-refractivity contribution in [1.82, 2.24) is 10.3 Å². The summed E-state index contributed by atoms with van der Waals surface area (Å²) in [6.07, 6.45) is 1.71. The van der Waals surface area contributed by atoms with Gasteiger partial charge in [-0.1, -0.05) is 36.4 Å². The molecule has 1 heterocycles. The molecule has 3 rings (SSSR count). The van der Waals surface area contributed by atoms with Crippen molar-refractivity contribution in [2.45, 2.75) is 12.5 Å². The topological polar surface area (TPSA) is 92.1 Å². The van der Waals surface area contributed by atoms with E-state index in [1.165, 1.54) is 7.11 Å². The summed E-state index contributed by atoms with van der Waals surface area (Å²) in [5, 5.41) is 12.7. The quantitative estimate of drug-likeness (QED) is 0.707. The van der Waals surface area contributed by atoms with Crippen LogP contribution in [-0.2, 0) is 16.0 Å². The van der Waals surface area contributed by atoms with Gasteiger partial charge in [0, 0.05) is 18.0 Å². The van der Waals surface area contributed by atoms with Gasteiger partial charge in [0.1, 0.15) is 6.04 Å². The fraction of sp³-hybridized carbons (Fsp3) is 0.143. The molecule has 0 fully saturated rings. The number of carbonyl (C=O) groups excluding carboxylic acids is 2. The van der Waals surface area contributed by atoms with Crippen LogP contribution in [-0.4, -0.2) is 30.0 Å². The van der Waals surface area contributed by atoms with E-state index in [1.54, 1.807) is 42.6 Å². The van der Waals surface area contributed by atoms with E-state index in [4.69, 9.17) is 4.74 Å². The summed E-state index contributed by atoms with van der Waals surface area (Å²) in [6.45, 7) is 0. The first-order chi connectivity index (χ1) is 13.1. The van der Waals surface area contributed by atoms with Crippen molar-refractivity contribution in [3.63, 3.8) is 0 Å². The number of ether oxygens (including phenoxy) is 1. The number of methoxy groups -OCH3 is 1. The number of hydrogen-bond acceptors (Lipinski definition) is 5. The summed E-state index contributed by atoms with van der Waals surface area (Å²) in [5.74, 6) is -0.979. The molecule has 0 bridgehead atoms. The number of esters is 1. The van der Waals surface area contributed by atoms with Crippen LogP contribution in [0.3, 0.4) is 0 Å². The highest BCUT2D eigenvalue weighted by molar-refractivity contribution is 6.07. The van der Waals surface area contributed by atoms with Crippen LogP contribution in [0.15, 0.2) is 60.8 Å². The van der Waals surface area contributed by atoms with Gasteiger partial charge < -0.3 is 10.1 Å². The molecule has 0 saturated heterocycles. The molecule has 0 unspecified atom stereocenters. The minimum absolute atomic E-state index is 0.158. The highest BCUT2D eigenvalue weighted by Gasteiger charge is 2.24. The Hall–Kier alpha value is -3.72. The molecule has 134 valence electrons. The molecular weight excluding hydrogens is 342 g/mol. The minimum Gasteiger partial charge on any atom is -0.467 e. The molecule has 6 nitrogen and oxygen atoms in total. The van der Waals surface area contributed by atoms with E-state index >= 15 is 0 Å². The first kappa shape index (κ1) is 18.1. The zero-order valence-corrected chi connectivity index (χ0v) is 14.7. The molecule has 1 aromatic heterocycles. The fourth-order valence-electron chi connectivity index (χ4n) is 2.89. The lowest BCUT2D eigenvalue weighted by Crippen LogP contribution is -2.43. The Labute approximate surface area is 156 Å². The standard InChI is InChI=1S/C21H17N3O3/c1-27-21(26)19(12-14-6-2-3-7-15(14)13-22)24-20(25)17-10-11-23-18-9-5-4-8-16(17)18/h2-11,19H,12H2,1H3,(H,24,25)/t19-/m1/s1. The van der Waals surface area contributed by atoms with Gasteiger partial charge in [-0.25, -0.2) is 4.79 Å². The third-order valence-corrected chi connectivity index (χ3v) is 4.25. The van der Waals surface area contributed by atoms with Gasteiger partial charge in [0.25, 0.3) is 5.91 Å². The van der Waals surface area contributed by atoms with Crippen molar-refractivity contribution in [3.8, 4) is 6.07 Å². The number of nitrogens with one attached hydrogen (secondary N) is 1. The molecule has 1 amide bonds. The zero-order chi connectivity index (χ0) is 19.2. The molecule has 0 aliphatic carbocycles. The monoisotopic (exact) mass is 359 g/mol. The van der Waals surface area contributed by atoms with E-state index in [0.717, 1.165) is 0 Å². The molecule has 0 aliphatic rings. The van der Waals surface area contributed by atoms with Gasteiger partial charge in [0.2, 0.25) is 0 Å². The van der Waals surface area contributed by atoms with Crippen LogP contribution in [0.5, 0.6) is 0 Å². The van der Waals surface area contributed by atoms with Crippen molar-refractivity contribution in [1.29, 1.82) is 5.26 Å². The average molecular weight is 359 g/mol. The maximum absolute atomic E-state index is 12.8. The van der Waals surface area contributed by atoms with Crippen LogP contribution in [0.2, 0.25) is 0 Å². The second-order valence-corrected chi connectivity index (χ2v) is 5.90. The molecule has 0 saturated carbocycles. The molecule has 3 aromatic rings. The Bertz CT molecular complexity index is 1030. The van der Waals surface area contributed by atoms with Gasteiger partial charge in [-0.15, -0.1) is 0 Å². The second-order valence-electron chi connectivity index (χ2n) is 5.90. The molecule has 0 spiro atoms. The molecule has 0 aliphatic heterocycles. The number of fused-ring (bicyclic) bond motifs is 1. The Morgan fingerprint density at radius 2 is 1.89 bits per heavy atom. The predicted molar refractivity (Wildman–Crippen MR) is 99.9 cm³/mol. The number of pyridine rings is 1. The average Bonchev–Trinajstić information content (AvgIpc) is 2.72. The number of carbonyl (C=O) groups is 2. The van der Waals surface area contributed by atoms with E-state index in [9.17, 15) is 14.9 Å². The Morgan fingerprint density at radius 3 is 2.67 bits per heavy atom. The van der Waals surface area contributed by atoms with Crippen LogP contribution in [0, 0.1) is 11.3 Å². The molecule has 0 radical (unpaired) electrons. The summed E-state index contributed by atoms with van der Waals surface area (Å²) in [5.41, 5.74) is 2.22. The first-order valence-electron chi connectivity index (χ1n) is 8.34. The van der Waals surface area contributed by atoms with Crippen molar-refractivity contribution in [2.75, 3.05) is 7.11 Å². The lowest BCUT2D eigenvalue weighted by atomic mass is 10.00. The van der Waals surface area contributed by atoms with Crippen molar-refractivity contribution < 1.29 is 14.3 Å². The van der Waals surface area contributed by atoms with E-state index < -0.39 is 17.9 Å². The van der Waals surface area contributed by atoms with Crippen LogP contribution >= 0.6 is 0 Å². The third kappa shape index (κ3) is 3.93. The van der Waals surface area contributed by atoms with Gasteiger partial charge in [-0.05, 0) is 23.8 Å². The molecule has 2 aromatic carbocycles. The number of rotatable bonds is 5. The summed E-state index contributed by atoms with van der Waals surface area (Å²) in [4.78, 5) is 29.3. The lowest BCUT2D eigenvalue weighted by Gasteiger charge is -2.18. The summed E-state index contributed by atoms with van der Waals surface area (Å²) < 4.78 is 4.83. The normalized spacial score (nSPS) is 11.4. The first-order valence-corrected chi connectivity index (χ1v) is 8.34. The predicted octanol–water partition coefficient (Wildman–Crippen LogP) is 2.62. The van der Waals surface area contributed by atoms with Crippen LogP contribution in [0.1, 0.15) is 21.5 Å². The Morgan fingerprint density at radius 1 is 1.15 bits per heavy atom. The van der Waals surface area contributed by atoms with Gasteiger partial charge in [-0.2, -0.15) is 5.26 Å². The number of benzene rings is 2. The molecule has 27 heavy (non-hydrogen) atoms. The number of amides is 1. The summed E-state index contributed by atoms with van der Waals surface area (Å²) in [6, 6.07) is 17.0. The smallest absolute Gasteiger partial charge is 0.328 e. The maximum Gasteiger partial charge on any atom is 0.328 e. The minimum atomic E-state index is -0.913. The van der Waals surface area contributed by atoms with Crippen molar-refractivity contribution in [3.05, 3.63) is 77.5 Å². The van der Waals surface area contributed by atoms with Crippen LogP contribution in [0.25, 0.3) is 10.9 Å². The molecule has 6 heteroatoms. The van der Waals surface area contributed by atoms with Crippen molar-refractivity contribution in [2.24, 2.45) is 0 Å². The molecule has 1 atom stereocenters. The van der Waals surface area contributed by atoms with Gasteiger partial charge in [0.05, 0.1) is 29.8 Å². The number of para-hydroxylation sites is 1. The van der Waals surface area contributed by atoms with Gasteiger partial charge in [-0.3, -0.25) is 9.78 Å². The number of aromatic nitrogens is 1. The molecule has 1 N–H and O–H groups in total. The largest absolute Gasteiger partial charge is 0.467 e. The van der Waals surface area contributed by atoms with E-state index in [0.29, 0.717) is 27.6 Å². The van der Waals surface area contributed by atoms with Crippen molar-refractivity contribution >= 4 is 22.8 Å². The van der Waals surface area contributed by atoms with E-state index in [1.807, 2.05) is 18.2 Å². The van der Waals surface area contributed by atoms with E-state index in [-0.39, 0.29) is 6.42 Å². The SMILES string of the molecule is COC(=O)[C@@H](Cc1ccccc1C#N)NC(=O)c1ccnc2ccccc12. The van der Waals surface area contributed by atoms with E-state index in [2.05, 4.69) is 16.4 Å². The lowest BCUT2D eigenvalue weighted by molar-refractivity contribution is -0.142. The Balaban J connectivity index is 1.89. The fourth-order valence-corrected chi connectivity index (χ4v) is 2.89. The van der Waals surface area contributed by atoms with Crippen LogP contribution < -0.4 is 5.32 Å². The number of nitrogens with zero attached hydrogens (tertiary/aromatic N) is 2. The Kier molecular flexibility index (Phi) is 5.43. The highest BCUT2D eigenvalue weighted by atomic mass is 16.5. The number of hydrogen-bond donors (Lipinski definition) is 1. The zero-order valence-electron chi connectivity index (χ0n) is 14.7. The van der Waals surface area contributed by atoms with Crippen LogP contribution in [0.4, 0.5) is 0 Å². The maximum atomic E-state index is 12.8. The summed E-state index contributed by atoms with van der Waals surface area (Å²) >= 11 is 0. The second kappa shape index (κ2) is 8.11. The van der Waals surface area contributed by atoms with Gasteiger partial charge in [0.15, 0.2) is 0 Å². The highest BCUT2D eigenvalue weighted by Crippen LogP contribution is 2.17. The summed E-state index contributed by atoms with van der Waals surface area (Å²) in [7, 11) is 1.26. The number of nitriles is 1. The molecular formula is C21H17N3O3.